The first kappa shape index (κ1) is 14.3. The van der Waals surface area contributed by atoms with Gasteiger partial charge in [-0.1, -0.05) is 35.9 Å². The Bertz CT molecular complexity index is 647. The SMILES string of the molecule is Cc1cc(C)c(C(N)Cc2ccc3c(c2)CCC3)c(C)c1. The molecule has 21 heavy (non-hydrogen) atoms. The van der Waals surface area contributed by atoms with E-state index in [-0.39, 0.29) is 6.04 Å². The zero-order chi connectivity index (χ0) is 15.0. The fourth-order valence-electron chi connectivity index (χ4n) is 3.88. The second kappa shape index (κ2) is 5.65. The average Bonchev–Trinajstić information content (AvgIpc) is 2.84. The van der Waals surface area contributed by atoms with Crippen molar-refractivity contribution in [3.8, 4) is 0 Å². The van der Waals surface area contributed by atoms with Crippen LogP contribution in [0.5, 0.6) is 0 Å². The zero-order valence-corrected chi connectivity index (χ0v) is 13.4. The summed E-state index contributed by atoms with van der Waals surface area (Å²) >= 11 is 0. The highest BCUT2D eigenvalue weighted by Crippen LogP contribution is 2.27. The fraction of sp³-hybridized carbons (Fsp3) is 0.400. The zero-order valence-electron chi connectivity index (χ0n) is 13.4. The topological polar surface area (TPSA) is 26.0 Å². The van der Waals surface area contributed by atoms with E-state index in [4.69, 9.17) is 5.73 Å². The van der Waals surface area contributed by atoms with Crippen molar-refractivity contribution >= 4 is 0 Å². The minimum absolute atomic E-state index is 0.0880. The maximum absolute atomic E-state index is 6.52. The van der Waals surface area contributed by atoms with E-state index in [1.165, 1.54) is 58.2 Å². The van der Waals surface area contributed by atoms with E-state index in [1.54, 1.807) is 0 Å². The standard InChI is InChI=1S/C20H25N/c1-13-9-14(2)20(15(3)10-13)19(21)12-16-7-8-17-5-4-6-18(17)11-16/h7-11,19H,4-6,12,21H2,1-3H3. The lowest BCUT2D eigenvalue weighted by atomic mass is 9.90. The summed E-state index contributed by atoms with van der Waals surface area (Å²) in [6.45, 7) is 6.51. The van der Waals surface area contributed by atoms with Crippen LogP contribution in [0.4, 0.5) is 0 Å². The Morgan fingerprint density at radius 3 is 2.33 bits per heavy atom. The number of rotatable bonds is 3. The third-order valence-corrected chi connectivity index (χ3v) is 4.73. The van der Waals surface area contributed by atoms with Gasteiger partial charge in [0, 0.05) is 6.04 Å². The van der Waals surface area contributed by atoms with Crippen molar-refractivity contribution in [1.82, 2.24) is 0 Å². The molecule has 2 aromatic rings. The van der Waals surface area contributed by atoms with Crippen LogP contribution in [-0.4, -0.2) is 0 Å². The number of hydrogen-bond donors (Lipinski definition) is 1. The van der Waals surface area contributed by atoms with Gasteiger partial charge in [0.05, 0.1) is 0 Å². The predicted octanol–water partition coefficient (Wildman–Crippen LogP) is 4.34. The van der Waals surface area contributed by atoms with Crippen molar-refractivity contribution in [2.45, 2.75) is 52.5 Å². The Labute approximate surface area is 128 Å². The largest absolute Gasteiger partial charge is 0.324 e. The lowest BCUT2D eigenvalue weighted by Gasteiger charge is -2.19. The Hall–Kier alpha value is -1.60. The second-order valence-corrected chi connectivity index (χ2v) is 6.58. The van der Waals surface area contributed by atoms with Crippen LogP contribution < -0.4 is 5.73 Å². The minimum atomic E-state index is 0.0880. The first-order valence-corrected chi connectivity index (χ1v) is 7.98. The summed E-state index contributed by atoms with van der Waals surface area (Å²) in [5, 5.41) is 0. The van der Waals surface area contributed by atoms with Crippen LogP contribution in [0.1, 0.15) is 51.4 Å². The van der Waals surface area contributed by atoms with Crippen LogP contribution in [0.15, 0.2) is 30.3 Å². The van der Waals surface area contributed by atoms with Gasteiger partial charge in [-0.2, -0.15) is 0 Å². The minimum Gasteiger partial charge on any atom is -0.324 e. The molecule has 0 saturated heterocycles. The monoisotopic (exact) mass is 279 g/mol. The van der Waals surface area contributed by atoms with Gasteiger partial charge >= 0.3 is 0 Å². The molecule has 0 aromatic heterocycles. The molecule has 0 fully saturated rings. The first-order valence-electron chi connectivity index (χ1n) is 7.98. The normalized spacial score (nSPS) is 15.0. The number of hydrogen-bond acceptors (Lipinski definition) is 1. The van der Waals surface area contributed by atoms with Gasteiger partial charge in [-0.3, -0.25) is 0 Å². The molecule has 0 aliphatic heterocycles. The number of fused-ring (bicyclic) bond motifs is 1. The third-order valence-electron chi connectivity index (χ3n) is 4.73. The van der Waals surface area contributed by atoms with Crippen molar-refractivity contribution in [1.29, 1.82) is 0 Å². The Kier molecular flexibility index (Phi) is 3.86. The molecule has 110 valence electrons. The lowest BCUT2D eigenvalue weighted by molar-refractivity contribution is 0.710. The van der Waals surface area contributed by atoms with Gasteiger partial charge in [-0.15, -0.1) is 0 Å². The molecular formula is C20H25N. The molecule has 2 aromatic carbocycles. The molecule has 0 bridgehead atoms. The highest BCUT2D eigenvalue weighted by molar-refractivity contribution is 5.41. The molecule has 3 rings (SSSR count). The van der Waals surface area contributed by atoms with Crippen molar-refractivity contribution < 1.29 is 0 Å². The quantitative estimate of drug-likeness (QED) is 0.888. The van der Waals surface area contributed by atoms with E-state index in [1.807, 2.05) is 0 Å². The summed E-state index contributed by atoms with van der Waals surface area (Å²) in [7, 11) is 0. The van der Waals surface area contributed by atoms with Gasteiger partial charge in [0.2, 0.25) is 0 Å². The van der Waals surface area contributed by atoms with E-state index in [2.05, 4.69) is 51.1 Å². The summed E-state index contributed by atoms with van der Waals surface area (Å²) in [4.78, 5) is 0. The number of benzene rings is 2. The summed E-state index contributed by atoms with van der Waals surface area (Å²) < 4.78 is 0. The molecule has 0 heterocycles. The Balaban J connectivity index is 1.85. The summed E-state index contributed by atoms with van der Waals surface area (Å²) in [5.74, 6) is 0. The number of aryl methyl sites for hydroxylation is 5. The van der Waals surface area contributed by atoms with Crippen molar-refractivity contribution in [2.75, 3.05) is 0 Å². The lowest BCUT2D eigenvalue weighted by Crippen LogP contribution is -2.16. The van der Waals surface area contributed by atoms with Crippen LogP contribution in [0.2, 0.25) is 0 Å². The van der Waals surface area contributed by atoms with E-state index in [0.29, 0.717) is 0 Å². The highest BCUT2D eigenvalue weighted by Gasteiger charge is 2.15. The molecule has 1 heteroatoms. The van der Waals surface area contributed by atoms with Gasteiger partial charge < -0.3 is 5.73 Å². The molecule has 1 aliphatic carbocycles. The maximum Gasteiger partial charge on any atom is 0.0341 e. The van der Waals surface area contributed by atoms with E-state index >= 15 is 0 Å². The maximum atomic E-state index is 6.52. The smallest absolute Gasteiger partial charge is 0.0341 e. The van der Waals surface area contributed by atoms with Crippen molar-refractivity contribution in [3.63, 3.8) is 0 Å². The molecule has 1 unspecified atom stereocenters. The molecule has 0 saturated carbocycles. The van der Waals surface area contributed by atoms with Crippen LogP contribution in [0, 0.1) is 20.8 Å². The highest BCUT2D eigenvalue weighted by atomic mass is 14.6. The second-order valence-electron chi connectivity index (χ2n) is 6.58. The van der Waals surface area contributed by atoms with Gasteiger partial charge in [-0.25, -0.2) is 0 Å². The van der Waals surface area contributed by atoms with E-state index in [0.717, 1.165) is 6.42 Å². The van der Waals surface area contributed by atoms with Crippen LogP contribution >= 0.6 is 0 Å². The summed E-state index contributed by atoms with van der Waals surface area (Å²) in [5.41, 5.74) is 16.3. The predicted molar refractivity (Wildman–Crippen MR) is 89.8 cm³/mol. The van der Waals surface area contributed by atoms with Gasteiger partial charge in [0.15, 0.2) is 0 Å². The van der Waals surface area contributed by atoms with Gasteiger partial charge in [-0.05, 0) is 79.8 Å². The Morgan fingerprint density at radius 1 is 0.952 bits per heavy atom. The summed E-state index contributed by atoms with van der Waals surface area (Å²) in [6.07, 6.45) is 4.72. The number of nitrogens with two attached hydrogens (primary N) is 1. The molecule has 1 aliphatic rings. The third kappa shape index (κ3) is 2.89. The molecular weight excluding hydrogens is 254 g/mol. The van der Waals surface area contributed by atoms with Crippen LogP contribution in [-0.2, 0) is 19.3 Å². The van der Waals surface area contributed by atoms with Gasteiger partial charge in [0.25, 0.3) is 0 Å². The summed E-state index contributed by atoms with van der Waals surface area (Å²) in [6, 6.07) is 11.5. The fourth-order valence-corrected chi connectivity index (χ4v) is 3.88. The Morgan fingerprint density at radius 2 is 1.62 bits per heavy atom. The van der Waals surface area contributed by atoms with Crippen molar-refractivity contribution in [3.05, 3.63) is 69.3 Å². The van der Waals surface area contributed by atoms with Crippen LogP contribution in [0.25, 0.3) is 0 Å². The molecule has 0 radical (unpaired) electrons. The molecule has 2 N–H and O–H groups in total. The molecule has 1 atom stereocenters. The average molecular weight is 279 g/mol. The van der Waals surface area contributed by atoms with E-state index in [9.17, 15) is 0 Å². The molecule has 1 nitrogen and oxygen atoms in total. The first-order chi connectivity index (χ1) is 10.0. The molecule has 0 amide bonds. The van der Waals surface area contributed by atoms with Gasteiger partial charge in [0.1, 0.15) is 0 Å². The molecule has 0 spiro atoms. The van der Waals surface area contributed by atoms with E-state index < -0.39 is 0 Å². The van der Waals surface area contributed by atoms with Crippen molar-refractivity contribution in [2.24, 2.45) is 5.73 Å². The van der Waals surface area contributed by atoms with Crippen LogP contribution in [0.3, 0.4) is 0 Å².